The van der Waals surface area contributed by atoms with E-state index in [9.17, 15) is 9.59 Å². The number of hydrogen-bond acceptors (Lipinski definition) is 3. The summed E-state index contributed by atoms with van der Waals surface area (Å²) in [5.74, 6) is 0.329. The second-order valence-corrected chi connectivity index (χ2v) is 4.59. The van der Waals surface area contributed by atoms with E-state index in [0.29, 0.717) is 24.2 Å². The summed E-state index contributed by atoms with van der Waals surface area (Å²) in [6.45, 7) is 0. The first-order valence-corrected chi connectivity index (χ1v) is 6.37. The molecule has 1 aliphatic rings. The normalized spacial score (nSPS) is 13.3. The second kappa shape index (κ2) is 5.13. The molecule has 1 aromatic heterocycles. The maximum atomic E-state index is 12.1. The van der Waals surface area contributed by atoms with Gasteiger partial charge in [0.15, 0.2) is 0 Å². The molecule has 5 nitrogen and oxygen atoms in total. The zero-order valence-corrected chi connectivity index (χ0v) is 10.7. The Hall–Kier alpha value is -2.69. The van der Waals surface area contributed by atoms with Gasteiger partial charge in [0.25, 0.3) is 5.91 Å². The largest absolute Gasteiger partial charge is 0.326 e. The van der Waals surface area contributed by atoms with Crippen molar-refractivity contribution in [1.82, 2.24) is 4.98 Å². The molecule has 0 bridgehead atoms. The number of carbonyl (C=O) groups excluding carboxylic acids is 2. The average molecular weight is 267 g/mol. The van der Waals surface area contributed by atoms with E-state index in [4.69, 9.17) is 0 Å². The average Bonchev–Trinajstić information content (AvgIpc) is 2.47. The van der Waals surface area contributed by atoms with Gasteiger partial charge in [0, 0.05) is 23.9 Å². The number of aromatic nitrogens is 1. The first-order valence-electron chi connectivity index (χ1n) is 6.37. The first kappa shape index (κ1) is 12.3. The molecular weight excluding hydrogens is 254 g/mol. The lowest BCUT2D eigenvalue weighted by Crippen LogP contribution is -2.20. The number of pyridine rings is 1. The summed E-state index contributed by atoms with van der Waals surface area (Å²) in [6, 6.07) is 10.6. The Morgan fingerprint density at radius 1 is 1.20 bits per heavy atom. The number of nitrogens with one attached hydrogen (secondary N) is 2. The molecule has 100 valence electrons. The Kier molecular flexibility index (Phi) is 3.16. The van der Waals surface area contributed by atoms with Gasteiger partial charge in [-0.1, -0.05) is 6.07 Å². The van der Waals surface area contributed by atoms with Crippen LogP contribution in [0.4, 0.5) is 11.5 Å². The molecule has 2 amide bonds. The van der Waals surface area contributed by atoms with Gasteiger partial charge >= 0.3 is 0 Å². The summed E-state index contributed by atoms with van der Waals surface area (Å²) in [6.07, 6.45) is 2.74. The molecule has 5 heteroatoms. The van der Waals surface area contributed by atoms with Crippen LogP contribution in [0, 0.1) is 0 Å². The Labute approximate surface area is 116 Å². The molecule has 0 radical (unpaired) electrons. The maximum absolute atomic E-state index is 12.1. The lowest BCUT2D eigenvalue weighted by atomic mass is 10.00. The van der Waals surface area contributed by atoms with Crippen LogP contribution in [0.1, 0.15) is 22.3 Å². The van der Waals surface area contributed by atoms with E-state index in [1.807, 2.05) is 12.1 Å². The van der Waals surface area contributed by atoms with Crippen LogP contribution < -0.4 is 10.6 Å². The van der Waals surface area contributed by atoms with Crippen molar-refractivity contribution in [1.29, 1.82) is 0 Å². The number of hydrogen-bond donors (Lipinski definition) is 2. The van der Waals surface area contributed by atoms with Crippen LogP contribution in [-0.4, -0.2) is 16.8 Å². The van der Waals surface area contributed by atoms with Crippen molar-refractivity contribution < 1.29 is 9.59 Å². The highest BCUT2D eigenvalue weighted by molar-refractivity contribution is 6.04. The highest BCUT2D eigenvalue weighted by atomic mass is 16.2. The molecule has 0 atom stereocenters. The quantitative estimate of drug-likeness (QED) is 0.876. The summed E-state index contributed by atoms with van der Waals surface area (Å²) in [5, 5.41) is 5.53. The first-order chi connectivity index (χ1) is 9.72. The number of rotatable bonds is 2. The molecule has 0 saturated carbocycles. The fourth-order valence-electron chi connectivity index (χ4n) is 2.15. The van der Waals surface area contributed by atoms with Crippen molar-refractivity contribution in [3.05, 3.63) is 53.7 Å². The SMILES string of the molecule is O=C1CCc2cc(C(=O)Nc3ccccn3)ccc2N1. The monoisotopic (exact) mass is 267 g/mol. The summed E-state index contributed by atoms with van der Waals surface area (Å²) >= 11 is 0. The van der Waals surface area contributed by atoms with E-state index in [-0.39, 0.29) is 11.8 Å². The molecule has 0 aliphatic carbocycles. The Bertz CT molecular complexity index is 668. The maximum Gasteiger partial charge on any atom is 0.256 e. The van der Waals surface area contributed by atoms with E-state index in [1.54, 1.807) is 30.5 Å². The molecule has 0 unspecified atom stereocenters. The minimum atomic E-state index is -0.205. The summed E-state index contributed by atoms with van der Waals surface area (Å²) < 4.78 is 0. The molecule has 2 N–H and O–H groups in total. The summed E-state index contributed by atoms with van der Waals surface area (Å²) in [4.78, 5) is 27.5. The van der Waals surface area contributed by atoms with Crippen LogP contribution in [0.5, 0.6) is 0 Å². The van der Waals surface area contributed by atoms with Crippen molar-refractivity contribution >= 4 is 23.3 Å². The highest BCUT2D eigenvalue weighted by Gasteiger charge is 2.16. The summed E-state index contributed by atoms with van der Waals surface area (Å²) in [7, 11) is 0. The number of aryl methyl sites for hydroxylation is 1. The Morgan fingerprint density at radius 3 is 2.90 bits per heavy atom. The van der Waals surface area contributed by atoms with Crippen molar-refractivity contribution in [2.45, 2.75) is 12.8 Å². The van der Waals surface area contributed by atoms with Crippen molar-refractivity contribution in [3.63, 3.8) is 0 Å². The Balaban J connectivity index is 1.81. The molecule has 2 heterocycles. The fourth-order valence-corrected chi connectivity index (χ4v) is 2.15. The van der Waals surface area contributed by atoms with Crippen LogP contribution in [0.15, 0.2) is 42.6 Å². The van der Waals surface area contributed by atoms with E-state index >= 15 is 0 Å². The third-order valence-electron chi connectivity index (χ3n) is 3.17. The van der Waals surface area contributed by atoms with Crippen molar-refractivity contribution in [3.8, 4) is 0 Å². The fraction of sp³-hybridized carbons (Fsp3) is 0.133. The molecule has 1 aliphatic heterocycles. The lowest BCUT2D eigenvalue weighted by Gasteiger charge is -2.17. The van der Waals surface area contributed by atoms with Crippen molar-refractivity contribution in [2.24, 2.45) is 0 Å². The lowest BCUT2D eigenvalue weighted by molar-refractivity contribution is -0.116. The Morgan fingerprint density at radius 2 is 2.10 bits per heavy atom. The second-order valence-electron chi connectivity index (χ2n) is 4.59. The van der Waals surface area contributed by atoms with Gasteiger partial charge in [-0.3, -0.25) is 9.59 Å². The van der Waals surface area contributed by atoms with Crippen LogP contribution in [0.25, 0.3) is 0 Å². The molecule has 1 aromatic carbocycles. The zero-order chi connectivity index (χ0) is 13.9. The standard InChI is InChI=1S/C15H13N3O2/c19-14-7-5-10-9-11(4-6-12(10)17-14)15(20)18-13-3-1-2-8-16-13/h1-4,6,8-9H,5,7H2,(H,17,19)(H,16,18,20). The van der Waals surface area contributed by atoms with Gasteiger partial charge in [0.05, 0.1) is 0 Å². The van der Waals surface area contributed by atoms with Crippen molar-refractivity contribution in [2.75, 3.05) is 10.6 Å². The molecule has 2 aromatic rings. The van der Waals surface area contributed by atoms with Crippen LogP contribution in [0.3, 0.4) is 0 Å². The van der Waals surface area contributed by atoms with E-state index < -0.39 is 0 Å². The number of nitrogens with zero attached hydrogens (tertiary/aromatic N) is 1. The third-order valence-corrected chi connectivity index (χ3v) is 3.17. The number of anilines is 2. The van der Waals surface area contributed by atoms with Crippen LogP contribution in [-0.2, 0) is 11.2 Å². The smallest absolute Gasteiger partial charge is 0.256 e. The van der Waals surface area contributed by atoms with E-state index in [0.717, 1.165) is 11.3 Å². The predicted molar refractivity (Wildman–Crippen MR) is 75.6 cm³/mol. The third kappa shape index (κ3) is 2.51. The number of benzene rings is 1. The zero-order valence-electron chi connectivity index (χ0n) is 10.7. The van der Waals surface area contributed by atoms with Gasteiger partial charge in [0.1, 0.15) is 5.82 Å². The van der Waals surface area contributed by atoms with Crippen LogP contribution >= 0.6 is 0 Å². The molecule has 3 rings (SSSR count). The number of fused-ring (bicyclic) bond motifs is 1. The number of amides is 2. The minimum Gasteiger partial charge on any atom is -0.326 e. The van der Waals surface area contributed by atoms with E-state index in [2.05, 4.69) is 15.6 Å². The topological polar surface area (TPSA) is 71.1 Å². The van der Waals surface area contributed by atoms with Gasteiger partial charge in [-0.25, -0.2) is 4.98 Å². The van der Waals surface area contributed by atoms with Crippen LogP contribution in [0.2, 0.25) is 0 Å². The molecule has 0 fully saturated rings. The minimum absolute atomic E-state index is 0.0168. The van der Waals surface area contributed by atoms with E-state index in [1.165, 1.54) is 0 Å². The molecular formula is C15H13N3O2. The van der Waals surface area contributed by atoms with Gasteiger partial charge < -0.3 is 10.6 Å². The van der Waals surface area contributed by atoms with Gasteiger partial charge in [-0.05, 0) is 42.3 Å². The molecule has 0 saturated heterocycles. The predicted octanol–water partition coefficient (Wildman–Crippen LogP) is 2.22. The van der Waals surface area contributed by atoms with Gasteiger partial charge in [-0.15, -0.1) is 0 Å². The van der Waals surface area contributed by atoms with Gasteiger partial charge in [0.2, 0.25) is 5.91 Å². The number of carbonyl (C=O) groups is 2. The molecule has 20 heavy (non-hydrogen) atoms. The van der Waals surface area contributed by atoms with Gasteiger partial charge in [-0.2, -0.15) is 0 Å². The summed E-state index contributed by atoms with van der Waals surface area (Å²) in [5.41, 5.74) is 2.33. The molecule has 0 spiro atoms. The highest BCUT2D eigenvalue weighted by Crippen LogP contribution is 2.23.